The van der Waals surface area contributed by atoms with Crippen molar-refractivity contribution in [3.8, 4) is 5.75 Å². The molecule has 0 aliphatic heterocycles. The standard InChI is InChI=1S/C13H12Cl2N2O3/c1-7-3-9(4-8(2)11(7)15)20-6-17-5-10(14)12(16-17)13(18)19/h3-5H,6H2,1-2H3,(H,18,19). The number of ether oxygens (including phenoxy) is 1. The van der Waals surface area contributed by atoms with Gasteiger partial charge in [0, 0.05) is 11.2 Å². The molecule has 0 aliphatic rings. The van der Waals surface area contributed by atoms with Crippen LogP contribution in [0.1, 0.15) is 21.6 Å². The van der Waals surface area contributed by atoms with Gasteiger partial charge >= 0.3 is 5.97 Å². The molecule has 0 spiro atoms. The zero-order chi connectivity index (χ0) is 14.9. The van der Waals surface area contributed by atoms with Gasteiger partial charge in [0.15, 0.2) is 12.4 Å². The lowest BCUT2D eigenvalue weighted by molar-refractivity contribution is 0.0688. The van der Waals surface area contributed by atoms with E-state index in [2.05, 4.69) is 5.10 Å². The van der Waals surface area contributed by atoms with Gasteiger partial charge in [-0.15, -0.1) is 0 Å². The zero-order valence-corrected chi connectivity index (χ0v) is 12.4. The van der Waals surface area contributed by atoms with E-state index in [-0.39, 0.29) is 17.4 Å². The topological polar surface area (TPSA) is 64.3 Å². The monoisotopic (exact) mass is 314 g/mol. The molecule has 0 saturated carbocycles. The zero-order valence-electron chi connectivity index (χ0n) is 10.9. The van der Waals surface area contributed by atoms with Crippen LogP contribution in [-0.4, -0.2) is 20.9 Å². The number of carboxylic acid groups (broad SMARTS) is 1. The number of hydrogen-bond acceptors (Lipinski definition) is 3. The van der Waals surface area contributed by atoms with Gasteiger partial charge in [-0.25, -0.2) is 9.48 Å². The van der Waals surface area contributed by atoms with Gasteiger partial charge in [-0.05, 0) is 37.1 Å². The molecular formula is C13H12Cl2N2O3. The summed E-state index contributed by atoms with van der Waals surface area (Å²) < 4.78 is 6.87. The molecule has 0 amide bonds. The Labute approximate surface area is 125 Å². The maximum absolute atomic E-state index is 10.8. The van der Waals surface area contributed by atoms with Crippen LogP contribution >= 0.6 is 23.2 Å². The molecule has 1 N–H and O–H groups in total. The average molecular weight is 315 g/mol. The molecule has 5 nitrogen and oxygen atoms in total. The number of rotatable bonds is 4. The van der Waals surface area contributed by atoms with Gasteiger partial charge in [0.05, 0.1) is 5.02 Å². The van der Waals surface area contributed by atoms with Crippen LogP contribution in [0, 0.1) is 13.8 Å². The molecule has 2 rings (SSSR count). The maximum atomic E-state index is 10.8. The van der Waals surface area contributed by atoms with Crippen LogP contribution in [0.25, 0.3) is 0 Å². The number of benzene rings is 1. The van der Waals surface area contributed by atoms with E-state index in [1.807, 2.05) is 13.8 Å². The van der Waals surface area contributed by atoms with E-state index in [1.54, 1.807) is 12.1 Å². The van der Waals surface area contributed by atoms with Crippen LogP contribution in [0.3, 0.4) is 0 Å². The van der Waals surface area contributed by atoms with Crippen molar-refractivity contribution in [2.75, 3.05) is 0 Å². The number of halogens is 2. The third-order valence-corrected chi connectivity index (χ3v) is 3.57. The number of carboxylic acids is 1. The Morgan fingerprint density at radius 3 is 2.45 bits per heavy atom. The van der Waals surface area contributed by atoms with E-state index >= 15 is 0 Å². The first-order valence-corrected chi connectivity index (χ1v) is 6.50. The third-order valence-electron chi connectivity index (χ3n) is 2.69. The molecule has 1 heterocycles. The molecule has 0 radical (unpaired) electrons. The minimum atomic E-state index is -1.17. The molecule has 0 saturated heterocycles. The van der Waals surface area contributed by atoms with Gasteiger partial charge in [-0.1, -0.05) is 23.2 Å². The minimum Gasteiger partial charge on any atom is -0.476 e. The van der Waals surface area contributed by atoms with Crippen molar-refractivity contribution in [1.29, 1.82) is 0 Å². The van der Waals surface area contributed by atoms with E-state index in [9.17, 15) is 4.79 Å². The summed E-state index contributed by atoms with van der Waals surface area (Å²) in [6.45, 7) is 3.83. The lowest BCUT2D eigenvalue weighted by Gasteiger charge is -2.09. The van der Waals surface area contributed by atoms with Gasteiger partial charge in [-0.3, -0.25) is 0 Å². The quantitative estimate of drug-likeness (QED) is 0.937. The van der Waals surface area contributed by atoms with E-state index in [4.69, 9.17) is 33.0 Å². The number of hydrogen-bond donors (Lipinski definition) is 1. The summed E-state index contributed by atoms with van der Waals surface area (Å²) in [5, 5.41) is 13.4. The van der Waals surface area contributed by atoms with E-state index in [1.165, 1.54) is 10.9 Å². The Morgan fingerprint density at radius 1 is 1.35 bits per heavy atom. The highest BCUT2D eigenvalue weighted by molar-refractivity contribution is 6.33. The highest BCUT2D eigenvalue weighted by atomic mass is 35.5. The van der Waals surface area contributed by atoms with Crippen LogP contribution in [0.5, 0.6) is 5.75 Å². The normalized spacial score (nSPS) is 10.6. The average Bonchev–Trinajstić information content (AvgIpc) is 2.75. The lowest BCUT2D eigenvalue weighted by Crippen LogP contribution is -2.08. The summed E-state index contributed by atoms with van der Waals surface area (Å²) in [6, 6.07) is 3.61. The fourth-order valence-corrected chi connectivity index (χ4v) is 2.08. The van der Waals surface area contributed by atoms with Crippen LogP contribution in [0.15, 0.2) is 18.3 Å². The number of nitrogens with zero attached hydrogens (tertiary/aromatic N) is 2. The predicted molar refractivity (Wildman–Crippen MR) is 75.8 cm³/mol. The highest BCUT2D eigenvalue weighted by Crippen LogP contribution is 2.26. The molecule has 0 fully saturated rings. The molecule has 0 aliphatic carbocycles. The van der Waals surface area contributed by atoms with Gasteiger partial charge < -0.3 is 9.84 Å². The minimum absolute atomic E-state index is 0.0630. The lowest BCUT2D eigenvalue weighted by atomic mass is 10.1. The second-order valence-electron chi connectivity index (χ2n) is 4.31. The van der Waals surface area contributed by atoms with Crippen LogP contribution in [0.4, 0.5) is 0 Å². The number of aromatic carboxylic acids is 1. The molecule has 0 unspecified atom stereocenters. The SMILES string of the molecule is Cc1cc(OCn2cc(Cl)c(C(=O)O)n2)cc(C)c1Cl. The second-order valence-corrected chi connectivity index (χ2v) is 5.10. The largest absolute Gasteiger partial charge is 0.476 e. The summed E-state index contributed by atoms with van der Waals surface area (Å²) in [5.74, 6) is -0.542. The first kappa shape index (κ1) is 14.7. The van der Waals surface area contributed by atoms with Gasteiger partial charge in [0.25, 0.3) is 0 Å². The van der Waals surface area contributed by atoms with E-state index in [0.29, 0.717) is 10.8 Å². The van der Waals surface area contributed by atoms with Crippen molar-refractivity contribution in [3.05, 3.63) is 45.2 Å². The molecular weight excluding hydrogens is 303 g/mol. The molecule has 1 aromatic heterocycles. The summed E-state index contributed by atoms with van der Waals surface area (Å²) in [4.78, 5) is 10.8. The molecule has 0 atom stereocenters. The number of aromatic nitrogens is 2. The molecule has 7 heteroatoms. The molecule has 0 bridgehead atoms. The molecule has 106 valence electrons. The Morgan fingerprint density at radius 2 is 1.95 bits per heavy atom. The van der Waals surface area contributed by atoms with Crippen molar-refractivity contribution in [3.63, 3.8) is 0 Å². The fraction of sp³-hybridized carbons (Fsp3) is 0.231. The van der Waals surface area contributed by atoms with Gasteiger partial charge in [-0.2, -0.15) is 5.10 Å². The van der Waals surface area contributed by atoms with Crippen LogP contribution in [-0.2, 0) is 6.73 Å². The summed E-state index contributed by atoms with van der Waals surface area (Å²) in [5.41, 5.74) is 1.62. The number of aryl methyl sites for hydroxylation is 2. The first-order valence-electron chi connectivity index (χ1n) is 5.74. The Hall–Kier alpha value is -1.72. The number of carbonyl (C=O) groups is 1. The molecule has 20 heavy (non-hydrogen) atoms. The Bertz CT molecular complexity index is 645. The van der Waals surface area contributed by atoms with E-state index in [0.717, 1.165) is 11.1 Å². The van der Waals surface area contributed by atoms with Crippen molar-refractivity contribution < 1.29 is 14.6 Å². The van der Waals surface area contributed by atoms with Gasteiger partial charge in [0.2, 0.25) is 0 Å². The maximum Gasteiger partial charge on any atom is 0.357 e. The van der Waals surface area contributed by atoms with Crippen molar-refractivity contribution in [2.24, 2.45) is 0 Å². The predicted octanol–water partition coefficient (Wildman–Crippen LogP) is 3.54. The Kier molecular flexibility index (Phi) is 4.20. The smallest absolute Gasteiger partial charge is 0.357 e. The van der Waals surface area contributed by atoms with Crippen LogP contribution < -0.4 is 4.74 Å². The van der Waals surface area contributed by atoms with Crippen molar-refractivity contribution in [1.82, 2.24) is 9.78 Å². The fourth-order valence-electron chi connectivity index (χ4n) is 1.74. The third kappa shape index (κ3) is 3.05. The summed E-state index contributed by atoms with van der Waals surface area (Å²) in [6.07, 6.45) is 1.40. The van der Waals surface area contributed by atoms with E-state index < -0.39 is 5.97 Å². The van der Waals surface area contributed by atoms with Crippen molar-refractivity contribution in [2.45, 2.75) is 20.6 Å². The molecule has 1 aromatic carbocycles. The summed E-state index contributed by atoms with van der Waals surface area (Å²) >= 11 is 11.8. The van der Waals surface area contributed by atoms with Crippen molar-refractivity contribution >= 4 is 29.2 Å². The second kappa shape index (κ2) is 5.73. The first-order chi connectivity index (χ1) is 9.38. The highest BCUT2D eigenvalue weighted by Gasteiger charge is 2.14. The van der Waals surface area contributed by atoms with Gasteiger partial charge in [0.1, 0.15) is 5.75 Å². The summed E-state index contributed by atoms with van der Waals surface area (Å²) in [7, 11) is 0. The van der Waals surface area contributed by atoms with Crippen LogP contribution in [0.2, 0.25) is 10.0 Å². The Balaban J connectivity index is 2.13. The molecule has 2 aromatic rings.